The average molecular weight is 663 g/mol. The molecule has 0 aromatic heterocycles. The molecular formula is C36H39ClN2O6S. The van der Waals surface area contributed by atoms with Crippen molar-refractivity contribution >= 4 is 21.6 Å². The van der Waals surface area contributed by atoms with E-state index in [0.717, 1.165) is 40.9 Å². The number of sulfonamides is 1. The molecule has 6 rings (SSSR count). The fraction of sp³-hybridized carbons (Fsp3) is 0.333. The van der Waals surface area contributed by atoms with Gasteiger partial charge >= 0.3 is 0 Å². The topological polar surface area (TPSA) is 108 Å². The molecule has 4 aromatic carbocycles. The fourth-order valence-electron chi connectivity index (χ4n) is 6.13. The summed E-state index contributed by atoms with van der Waals surface area (Å²) in [4.78, 5) is 2.56. The number of halogens is 1. The van der Waals surface area contributed by atoms with Gasteiger partial charge in [0.25, 0.3) is 0 Å². The van der Waals surface area contributed by atoms with E-state index in [1.165, 1.54) is 0 Å². The van der Waals surface area contributed by atoms with Gasteiger partial charge in [0, 0.05) is 43.2 Å². The van der Waals surface area contributed by atoms with Crippen molar-refractivity contribution in [3.8, 4) is 0 Å². The molecule has 2 saturated heterocycles. The highest BCUT2D eigenvalue weighted by Crippen LogP contribution is 2.39. The van der Waals surface area contributed by atoms with E-state index < -0.39 is 21.9 Å². The van der Waals surface area contributed by atoms with Gasteiger partial charge in [-0.3, -0.25) is 0 Å². The summed E-state index contributed by atoms with van der Waals surface area (Å²) in [6.45, 7) is 2.29. The van der Waals surface area contributed by atoms with Crippen LogP contribution in [0.4, 0.5) is 0 Å². The second-order valence-corrected chi connectivity index (χ2v) is 14.3. The Morgan fingerprint density at radius 2 is 1.46 bits per heavy atom. The summed E-state index contributed by atoms with van der Waals surface area (Å²) in [5.74, 6) is 0. The molecule has 0 bridgehead atoms. The minimum atomic E-state index is -3.62. The lowest BCUT2D eigenvalue weighted by molar-refractivity contribution is -0.253. The molecule has 46 heavy (non-hydrogen) atoms. The van der Waals surface area contributed by atoms with E-state index >= 15 is 0 Å². The molecule has 0 aliphatic carbocycles. The Kier molecular flexibility index (Phi) is 10.2. The van der Waals surface area contributed by atoms with Crippen LogP contribution in [0.25, 0.3) is 0 Å². The molecule has 0 amide bonds. The Balaban J connectivity index is 1.13. The molecule has 3 N–H and O–H groups in total. The molecule has 4 aromatic rings. The fourth-order valence-corrected chi connectivity index (χ4v) is 7.29. The Bertz CT molecular complexity index is 1680. The number of benzene rings is 4. The van der Waals surface area contributed by atoms with Gasteiger partial charge in [0.05, 0.1) is 29.3 Å². The van der Waals surface area contributed by atoms with Crippen molar-refractivity contribution in [3.05, 3.63) is 136 Å². The summed E-state index contributed by atoms with van der Waals surface area (Å²) in [7, 11) is -3.62. The largest absolute Gasteiger partial charge is 0.392 e. The van der Waals surface area contributed by atoms with Crippen molar-refractivity contribution < 1.29 is 28.1 Å². The lowest BCUT2D eigenvalue weighted by Crippen LogP contribution is -2.46. The van der Waals surface area contributed by atoms with Crippen LogP contribution in [-0.2, 0) is 38.2 Å². The van der Waals surface area contributed by atoms with Crippen LogP contribution in [0.1, 0.15) is 59.5 Å². The Morgan fingerprint density at radius 1 is 0.826 bits per heavy atom. The molecule has 0 spiro atoms. The van der Waals surface area contributed by atoms with Crippen molar-refractivity contribution in [1.29, 1.82) is 0 Å². The van der Waals surface area contributed by atoms with E-state index in [9.17, 15) is 18.6 Å². The van der Waals surface area contributed by atoms with Gasteiger partial charge in [0.2, 0.25) is 10.0 Å². The number of aliphatic hydroxyl groups is 2. The van der Waals surface area contributed by atoms with Crippen molar-refractivity contribution in [1.82, 2.24) is 9.62 Å². The smallest absolute Gasteiger partial charge is 0.240 e. The monoisotopic (exact) mass is 662 g/mol. The first kappa shape index (κ1) is 32.8. The van der Waals surface area contributed by atoms with E-state index in [4.69, 9.17) is 21.1 Å². The second kappa shape index (κ2) is 14.3. The number of hydrogen-bond donors (Lipinski definition) is 3. The van der Waals surface area contributed by atoms with Gasteiger partial charge in [0.15, 0.2) is 6.29 Å². The third kappa shape index (κ3) is 7.87. The van der Waals surface area contributed by atoms with Crippen molar-refractivity contribution in [3.63, 3.8) is 0 Å². The summed E-state index contributed by atoms with van der Waals surface area (Å²) < 4.78 is 41.0. The summed E-state index contributed by atoms with van der Waals surface area (Å²) in [5.41, 5.74) is 3.51. The lowest BCUT2D eigenvalue weighted by atomic mass is 9.84. The van der Waals surface area contributed by atoms with E-state index in [1.807, 2.05) is 72.8 Å². The number of nitrogens with one attached hydrogen (secondary N) is 1. The van der Waals surface area contributed by atoms with E-state index in [2.05, 4.69) is 9.62 Å². The molecule has 8 nitrogen and oxygen atoms in total. The Morgan fingerprint density at radius 3 is 2.11 bits per heavy atom. The summed E-state index contributed by atoms with van der Waals surface area (Å²) in [6, 6.07) is 31.1. The maximum absolute atomic E-state index is 12.7. The standard InChI is InChI=1S/C36H39ClN2O6S/c37-31-16-14-30(15-17-31)36(41)18-20-39(21-19-36)24-32-22-34(28-10-8-27(25-40)9-11-28)45-35(44-32)29-12-6-26(7-13-29)23-38-46(42,43)33-4-2-1-3-5-33/h1-17,32,34-35,38,40-41H,18-25H2/t32-,34+,35+/m1/s1. The first-order valence-electron chi connectivity index (χ1n) is 15.6. The van der Waals surface area contributed by atoms with Crippen LogP contribution in [0.15, 0.2) is 108 Å². The molecule has 0 radical (unpaired) electrons. The lowest BCUT2D eigenvalue weighted by Gasteiger charge is -2.42. The maximum Gasteiger partial charge on any atom is 0.240 e. The highest BCUT2D eigenvalue weighted by Gasteiger charge is 2.37. The number of ether oxygens (including phenoxy) is 2. The number of rotatable bonds is 10. The third-order valence-electron chi connectivity index (χ3n) is 8.91. The maximum atomic E-state index is 12.7. The van der Waals surface area contributed by atoms with Crippen molar-refractivity contribution in [2.75, 3.05) is 19.6 Å². The van der Waals surface area contributed by atoms with Crippen LogP contribution in [0, 0.1) is 0 Å². The summed E-state index contributed by atoms with van der Waals surface area (Å²) >= 11 is 6.06. The van der Waals surface area contributed by atoms with Gasteiger partial charge in [-0.15, -0.1) is 0 Å². The molecule has 0 unspecified atom stereocenters. The van der Waals surface area contributed by atoms with Crippen LogP contribution in [-0.4, -0.2) is 49.3 Å². The summed E-state index contributed by atoms with van der Waals surface area (Å²) in [5, 5.41) is 21.5. The number of likely N-dealkylation sites (tertiary alicyclic amines) is 1. The number of aliphatic hydroxyl groups excluding tert-OH is 1. The Labute approximate surface area is 275 Å². The summed E-state index contributed by atoms with van der Waals surface area (Å²) in [6.07, 6.45) is 0.926. The first-order valence-corrected chi connectivity index (χ1v) is 17.4. The quantitative estimate of drug-likeness (QED) is 0.196. The van der Waals surface area contributed by atoms with Gasteiger partial charge in [-0.2, -0.15) is 0 Å². The predicted octanol–water partition coefficient (Wildman–Crippen LogP) is 5.84. The number of piperidine rings is 1. The molecule has 2 aliphatic heterocycles. The van der Waals surface area contributed by atoms with Crippen LogP contribution in [0.2, 0.25) is 5.02 Å². The normalized spacial score (nSPS) is 22.0. The van der Waals surface area contributed by atoms with E-state index in [-0.39, 0.29) is 30.3 Å². The average Bonchev–Trinajstić information content (AvgIpc) is 3.09. The SMILES string of the molecule is O=S(=O)(NCc1ccc([C@H]2O[C@@H](CN3CCC(O)(c4ccc(Cl)cc4)CC3)C[C@@H](c3ccc(CO)cc3)O2)cc1)c1ccccc1. The molecule has 0 saturated carbocycles. The van der Waals surface area contributed by atoms with Gasteiger partial charge in [-0.1, -0.05) is 90.5 Å². The van der Waals surface area contributed by atoms with Crippen LogP contribution in [0.5, 0.6) is 0 Å². The van der Waals surface area contributed by atoms with Gasteiger partial charge in [0.1, 0.15) is 0 Å². The highest BCUT2D eigenvalue weighted by molar-refractivity contribution is 7.89. The molecule has 10 heteroatoms. The third-order valence-corrected chi connectivity index (χ3v) is 10.6. The Hall–Kier alpha value is -3.12. The minimum absolute atomic E-state index is 0.0225. The number of nitrogens with zero attached hydrogens (tertiary/aromatic N) is 1. The second-order valence-electron chi connectivity index (χ2n) is 12.1. The highest BCUT2D eigenvalue weighted by atomic mass is 35.5. The minimum Gasteiger partial charge on any atom is -0.392 e. The zero-order chi connectivity index (χ0) is 32.1. The van der Waals surface area contributed by atoms with Crippen LogP contribution >= 0.6 is 11.6 Å². The predicted molar refractivity (Wildman–Crippen MR) is 176 cm³/mol. The van der Waals surface area contributed by atoms with Gasteiger partial charge in [-0.25, -0.2) is 13.1 Å². The van der Waals surface area contributed by atoms with Gasteiger partial charge in [-0.05, 0) is 59.4 Å². The zero-order valence-corrected chi connectivity index (χ0v) is 27.0. The van der Waals surface area contributed by atoms with Crippen molar-refractivity contribution in [2.24, 2.45) is 0 Å². The van der Waals surface area contributed by atoms with Crippen LogP contribution in [0.3, 0.4) is 0 Å². The molecule has 242 valence electrons. The molecule has 3 atom stereocenters. The molecule has 2 aliphatic rings. The van der Waals surface area contributed by atoms with Gasteiger partial charge < -0.3 is 24.6 Å². The molecular weight excluding hydrogens is 624 g/mol. The molecule has 2 fully saturated rings. The first-order chi connectivity index (χ1) is 22.2. The van der Waals surface area contributed by atoms with Crippen molar-refractivity contribution in [2.45, 2.75) is 61.4 Å². The van der Waals surface area contributed by atoms with E-state index in [0.29, 0.717) is 30.8 Å². The zero-order valence-electron chi connectivity index (χ0n) is 25.5. The van der Waals surface area contributed by atoms with Crippen LogP contribution < -0.4 is 4.72 Å². The van der Waals surface area contributed by atoms with E-state index in [1.54, 1.807) is 30.3 Å². The number of hydrogen-bond acceptors (Lipinski definition) is 7. The molecule has 2 heterocycles.